The first-order valence-corrected chi connectivity index (χ1v) is 15.0. The molecule has 2 aromatic rings. The van der Waals surface area contributed by atoms with Crippen LogP contribution in [0.2, 0.25) is 0 Å². The fraction of sp³-hybridized carbons (Fsp3) is 0.594. The first-order valence-electron chi connectivity index (χ1n) is 15.0. The van der Waals surface area contributed by atoms with Gasteiger partial charge in [-0.05, 0) is 100 Å². The van der Waals surface area contributed by atoms with Gasteiger partial charge in [0.1, 0.15) is 11.6 Å². The Morgan fingerprint density at radius 1 is 1.00 bits per heavy atom. The molecule has 39 heavy (non-hydrogen) atoms. The lowest BCUT2D eigenvalue weighted by Gasteiger charge is -2.39. The van der Waals surface area contributed by atoms with Crippen molar-refractivity contribution in [1.29, 1.82) is 0 Å². The van der Waals surface area contributed by atoms with Crippen LogP contribution < -0.4 is 10.5 Å². The van der Waals surface area contributed by atoms with E-state index in [1.54, 1.807) is 17.2 Å². The SMILES string of the molecule is CCOc1cccc(F)c1CN1CCN(C(=O)[C@H](N)C2CCN(CCC3CCCc4ccccc43)CC2)CC1. The van der Waals surface area contributed by atoms with Crippen molar-refractivity contribution in [3.63, 3.8) is 0 Å². The van der Waals surface area contributed by atoms with Crippen molar-refractivity contribution in [2.75, 3.05) is 52.4 Å². The molecule has 7 heteroatoms. The van der Waals surface area contributed by atoms with Crippen LogP contribution in [0, 0.1) is 11.7 Å². The molecule has 0 aromatic heterocycles. The molecule has 1 amide bonds. The number of nitrogens with zero attached hydrogens (tertiary/aromatic N) is 3. The summed E-state index contributed by atoms with van der Waals surface area (Å²) in [5.41, 5.74) is 10.3. The average Bonchev–Trinajstić information content (AvgIpc) is 2.98. The van der Waals surface area contributed by atoms with E-state index in [2.05, 4.69) is 34.1 Å². The summed E-state index contributed by atoms with van der Waals surface area (Å²) in [7, 11) is 0. The zero-order valence-electron chi connectivity index (χ0n) is 23.5. The number of likely N-dealkylation sites (tertiary alicyclic amines) is 1. The molecular formula is C32H45FN4O2. The number of piperidine rings is 1. The van der Waals surface area contributed by atoms with Crippen molar-refractivity contribution in [2.45, 2.75) is 64.0 Å². The van der Waals surface area contributed by atoms with E-state index in [4.69, 9.17) is 10.5 Å². The van der Waals surface area contributed by atoms with Crippen LogP contribution in [0.5, 0.6) is 5.75 Å². The number of rotatable bonds is 9. The van der Waals surface area contributed by atoms with E-state index in [0.717, 1.165) is 32.5 Å². The highest BCUT2D eigenvalue weighted by Crippen LogP contribution is 2.34. The zero-order valence-corrected chi connectivity index (χ0v) is 23.5. The largest absolute Gasteiger partial charge is 0.493 e. The summed E-state index contributed by atoms with van der Waals surface area (Å²) >= 11 is 0. The number of hydrogen-bond acceptors (Lipinski definition) is 5. The summed E-state index contributed by atoms with van der Waals surface area (Å²) in [6.45, 7) is 8.76. The standard InChI is InChI=1S/C32H45FN4O2/c1-2-39-30-12-6-11-29(33)28(30)23-36-19-21-37(22-20-36)32(38)31(34)26-14-17-35(18-15-26)16-13-25-9-5-8-24-7-3-4-10-27(24)25/h3-4,6-7,10-12,25-26,31H,2,5,8-9,13-23,34H2,1H3/t25?,31-/m1/s1. The first-order chi connectivity index (χ1) is 19.0. The Morgan fingerprint density at radius 2 is 1.77 bits per heavy atom. The number of ether oxygens (including phenoxy) is 1. The lowest BCUT2D eigenvalue weighted by Crippen LogP contribution is -2.55. The smallest absolute Gasteiger partial charge is 0.239 e. The first kappa shape index (κ1) is 28.1. The lowest BCUT2D eigenvalue weighted by molar-refractivity contribution is -0.136. The summed E-state index contributed by atoms with van der Waals surface area (Å²) in [5, 5.41) is 0. The van der Waals surface area contributed by atoms with Crippen molar-refractivity contribution >= 4 is 5.91 Å². The van der Waals surface area contributed by atoms with Gasteiger partial charge in [-0.1, -0.05) is 30.3 Å². The molecule has 3 aliphatic rings. The third kappa shape index (κ3) is 6.82. The van der Waals surface area contributed by atoms with Crippen molar-refractivity contribution in [3.8, 4) is 5.75 Å². The minimum absolute atomic E-state index is 0.0767. The van der Waals surface area contributed by atoms with Crippen LogP contribution in [0.25, 0.3) is 0 Å². The molecule has 2 fully saturated rings. The fourth-order valence-electron chi connectivity index (χ4n) is 6.77. The van der Waals surface area contributed by atoms with Crippen LogP contribution in [0.3, 0.4) is 0 Å². The second-order valence-electron chi connectivity index (χ2n) is 11.5. The molecule has 2 aromatic carbocycles. The normalized spacial score (nSPS) is 21.9. The van der Waals surface area contributed by atoms with Gasteiger partial charge in [0.15, 0.2) is 0 Å². The minimum atomic E-state index is -0.431. The van der Waals surface area contributed by atoms with Gasteiger partial charge >= 0.3 is 0 Å². The molecule has 2 aliphatic heterocycles. The number of carbonyl (C=O) groups excluding carboxylic acids is 1. The fourth-order valence-corrected chi connectivity index (χ4v) is 6.77. The number of piperazine rings is 1. The van der Waals surface area contributed by atoms with Gasteiger partial charge in [0.25, 0.3) is 0 Å². The molecule has 0 radical (unpaired) electrons. The summed E-state index contributed by atoms with van der Waals surface area (Å²) in [6, 6.07) is 13.5. The van der Waals surface area contributed by atoms with Gasteiger partial charge in [0.2, 0.25) is 5.91 Å². The van der Waals surface area contributed by atoms with E-state index < -0.39 is 6.04 Å². The molecule has 0 saturated carbocycles. The Balaban J connectivity index is 1.05. The van der Waals surface area contributed by atoms with E-state index >= 15 is 0 Å². The third-order valence-corrected chi connectivity index (χ3v) is 9.15. The zero-order chi connectivity index (χ0) is 27.2. The Morgan fingerprint density at radius 3 is 2.54 bits per heavy atom. The maximum atomic E-state index is 14.5. The average molecular weight is 537 g/mol. The molecule has 2 atom stereocenters. The Hall–Kier alpha value is -2.48. The second-order valence-corrected chi connectivity index (χ2v) is 11.5. The van der Waals surface area contributed by atoms with Crippen LogP contribution >= 0.6 is 0 Å². The number of benzene rings is 2. The van der Waals surface area contributed by atoms with Gasteiger partial charge in [-0.15, -0.1) is 0 Å². The van der Waals surface area contributed by atoms with E-state index in [0.29, 0.717) is 56.6 Å². The Labute approximate surface area is 233 Å². The summed E-state index contributed by atoms with van der Waals surface area (Å²) in [5.74, 6) is 1.37. The maximum Gasteiger partial charge on any atom is 0.239 e. The molecule has 2 saturated heterocycles. The molecule has 1 unspecified atom stereocenters. The maximum absolute atomic E-state index is 14.5. The number of fused-ring (bicyclic) bond motifs is 1. The molecule has 1 aliphatic carbocycles. The van der Waals surface area contributed by atoms with Crippen LogP contribution in [0.1, 0.15) is 61.6 Å². The van der Waals surface area contributed by atoms with E-state index in [-0.39, 0.29) is 17.6 Å². The van der Waals surface area contributed by atoms with Gasteiger partial charge in [0.05, 0.1) is 12.6 Å². The van der Waals surface area contributed by atoms with Crippen LogP contribution in [0.4, 0.5) is 4.39 Å². The van der Waals surface area contributed by atoms with Crippen LogP contribution in [-0.2, 0) is 17.8 Å². The molecule has 0 bridgehead atoms. The summed E-state index contributed by atoms with van der Waals surface area (Å²) in [4.78, 5) is 20.0. The van der Waals surface area contributed by atoms with E-state index in [1.165, 1.54) is 31.7 Å². The quantitative estimate of drug-likeness (QED) is 0.514. The molecule has 2 N–H and O–H groups in total. The highest BCUT2D eigenvalue weighted by molar-refractivity contribution is 5.82. The van der Waals surface area contributed by atoms with Crippen LogP contribution in [0.15, 0.2) is 42.5 Å². The Kier molecular flexibility index (Phi) is 9.53. The molecular weight excluding hydrogens is 491 g/mol. The van der Waals surface area contributed by atoms with Crippen molar-refractivity contribution in [3.05, 3.63) is 65.0 Å². The minimum Gasteiger partial charge on any atom is -0.493 e. The molecule has 6 nitrogen and oxygen atoms in total. The van der Waals surface area contributed by atoms with E-state index in [1.807, 2.05) is 17.9 Å². The second kappa shape index (κ2) is 13.2. The van der Waals surface area contributed by atoms with Gasteiger partial charge in [-0.3, -0.25) is 9.69 Å². The monoisotopic (exact) mass is 536 g/mol. The number of carbonyl (C=O) groups is 1. The summed E-state index contributed by atoms with van der Waals surface area (Å²) in [6.07, 6.45) is 7.01. The number of aryl methyl sites for hydroxylation is 1. The highest BCUT2D eigenvalue weighted by atomic mass is 19.1. The van der Waals surface area contributed by atoms with Gasteiger partial charge in [0, 0.05) is 38.3 Å². The Bertz CT molecular complexity index is 1100. The lowest BCUT2D eigenvalue weighted by atomic mass is 9.81. The molecule has 0 spiro atoms. The summed E-state index contributed by atoms with van der Waals surface area (Å²) < 4.78 is 20.1. The molecule has 5 rings (SSSR count). The predicted molar refractivity (Wildman–Crippen MR) is 153 cm³/mol. The number of hydrogen-bond donors (Lipinski definition) is 1. The molecule has 212 valence electrons. The molecule has 2 heterocycles. The number of halogens is 1. The van der Waals surface area contributed by atoms with Crippen molar-refractivity contribution < 1.29 is 13.9 Å². The topological polar surface area (TPSA) is 62.0 Å². The van der Waals surface area contributed by atoms with Crippen LogP contribution in [-0.4, -0.2) is 79.1 Å². The van der Waals surface area contributed by atoms with E-state index in [9.17, 15) is 9.18 Å². The number of amides is 1. The third-order valence-electron chi connectivity index (χ3n) is 9.15. The van der Waals surface area contributed by atoms with Gasteiger partial charge in [-0.25, -0.2) is 4.39 Å². The highest BCUT2D eigenvalue weighted by Gasteiger charge is 2.33. The van der Waals surface area contributed by atoms with Crippen molar-refractivity contribution in [2.24, 2.45) is 11.7 Å². The van der Waals surface area contributed by atoms with Gasteiger partial charge in [-0.2, -0.15) is 0 Å². The van der Waals surface area contributed by atoms with Crippen molar-refractivity contribution in [1.82, 2.24) is 14.7 Å². The number of nitrogens with two attached hydrogens (primary N) is 1. The predicted octanol–water partition coefficient (Wildman–Crippen LogP) is 4.42. The van der Waals surface area contributed by atoms with Gasteiger partial charge < -0.3 is 20.3 Å².